The summed E-state index contributed by atoms with van der Waals surface area (Å²) in [5.41, 5.74) is 0. The first-order chi connectivity index (χ1) is 8.72. The van der Waals surface area contributed by atoms with Crippen molar-refractivity contribution < 1.29 is 0 Å². The first kappa shape index (κ1) is 12.6. The Labute approximate surface area is 120 Å². The number of anilines is 1. The molecule has 1 saturated heterocycles. The third-order valence-electron chi connectivity index (χ3n) is 3.65. The SMILES string of the molecule is Clc1ncc(Br)c(NCC2CCN(C3CC3)C2)n1. The smallest absolute Gasteiger partial charge is 0.224 e. The van der Waals surface area contributed by atoms with Gasteiger partial charge >= 0.3 is 0 Å². The van der Waals surface area contributed by atoms with Gasteiger partial charge in [0, 0.05) is 25.3 Å². The van der Waals surface area contributed by atoms with Gasteiger partial charge < -0.3 is 10.2 Å². The van der Waals surface area contributed by atoms with Gasteiger partial charge in [-0.3, -0.25) is 0 Å². The molecule has 4 nitrogen and oxygen atoms in total. The Morgan fingerprint density at radius 1 is 1.44 bits per heavy atom. The zero-order chi connectivity index (χ0) is 12.5. The minimum absolute atomic E-state index is 0.284. The lowest BCUT2D eigenvalue weighted by Gasteiger charge is -2.15. The molecule has 0 bridgehead atoms. The number of nitrogens with one attached hydrogen (secondary N) is 1. The van der Waals surface area contributed by atoms with Gasteiger partial charge in [0.15, 0.2) is 0 Å². The van der Waals surface area contributed by atoms with E-state index in [-0.39, 0.29) is 5.28 Å². The number of halogens is 2. The topological polar surface area (TPSA) is 41.1 Å². The van der Waals surface area contributed by atoms with Crippen LogP contribution in [0.4, 0.5) is 5.82 Å². The van der Waals surface area contributed by atoms with Gasteiger partial charge in [-0.15, -0.1) is 0 Å². The van der Waals surface area contributed by atoms with Crippen LogP contribution in [0, 0.1) is 5.92 Å². The van der Waals surface area contributed by atoms with Crippen molar-refractivity contribution in [2.24, 2.45) is 5.92 Å². The molecule has 2 heterocycles. The van der Waals surface area contributed by atoms with E-state index in [1.807, 2.05) is 0 Å². The molecule has 3 rings (SSSR count). The average Bonchev–Trinajstić information content (AvgIpc) is 3.10. The van der Waals surface area contributed by atoms with Gasteiger partial charge in [-0.1, -0.05) is 0 Å². The van der Waals surface area contributed by atoms with Crippen LogP contribution >= 0.6 is 27.5 Å². The zero-order valence-corrected chi connectivity index (χ0v) is 12.4. The Morgan fingerprint density at radius 3 is 3.06 bits per heavy atom. The summed E-state index contributed by atoms with van der Waals surface area (Å²) in [6, 6.07) is 0.884. The Morgan fingerprint density at radius 2 is 2.28 bits per heavy atom. The van der Waals surface area contributed by atoms with Crippen LogP contribution in [0.1, 0.15) is 19.3 Å². The fourth-order valence-corrected chi connectivity index (χ4v) is 2.98. The summed E-state index contributed by atoms with van der Waals surface area (Å²) in [5, 5.41) is 3.65. The molecule has 98 valence electrons. The standard InChI is InChI=1S/C12H16BrClN4/c13-10-6-16-12(14)17-11(10)15-5-8-3-4-18(7-8)9-1-2-9/h6,8-9H,1-5,7H2,(H,15,16,17). The number of hydrogen-bond acceptors (Lipinski definition) is 4. The molecule has 1 aromatic rings. The summed E-state index contributed by atoms with van der Waals surface area (Å²) < 4.78 is 0.865. The van der Waals surface area contributed by atoms with Gasteiger partial charge in [-0.2, -0.15) is 4.98 Å². The molecule has 1 atom stereocenters. The van der Waals surface area contributed by atoms with Crippen LogP contribution in [0.25, 0.3) is 0 Å². The van der Waals surface area contributed by atoms with E-state index in [2.05, 4.69) is 36.1 Å². The number of likely N-dealkylation sites (tertiary alicyclic amines) is 1. The van der Waals surface area contributed by atoms with Crippen molar-refractivity contribution in [2.75, 3.05) is 25.0 Å². The van der Waals surface area contributed by atoms with Crippen LogP contribution in [0.5, 0.6) is 0 Å². The van der Waals surface area contributed by atoms with E-state index >= 15 is 0 Å². The molecular formula is C12H16BrClN4. The third-order valence-corrected chi connectivity index (χ3v) is 4.42. The molecule has 6 heteroatoms. The second-order valence-electron chi connectivity index (χ2n) is 5.10. The Kier molecular flexibility index (Phi) is 3.73. The first-order valence-corrected chi connectivity index (χ1v) is 7.55. The van der Waals surface area contributed by atoms with E-state index in [9.17, 15) is 0 Å². The van der Waals surface area contributed by atoms with Crippen molar-refractivity contribution in [1.82, 2.24) is 14.9 Å². The van der Waals surface area contributed by atoms with Crippen LogP contribution in [-0.4, -0.2) is 40.5 Å². The largest absolute Gasteiger partial charge is 0.369 e. The number of nitrogens with zero attached hydrogens (tertiary/aromatic N) is 3. The second-order valence-corrected chi connectivity index (χ2v) is 6.29. The molecular weight excluding hydrogens is 316 g/mol. The van der Waals surface area contributed by atoms with Gasteiger partial charge in [0.25, 0.3) is 0 Å². The minimum atomic E-state index is 0.284. The molecule has 2 aliphatic rings. The molecule has 0 aromatic carbocycles. The maximum atomic E-state index is 5.79. The van der Waals surface area contributed by atoms with Crippen molar-refractivity contribution >= 4 is 33.3 Å². The molecule has 1 saturated carbocycles. The maximum absolute atomic E-state index is 5.79. The highest BCUT2D eigenvalue weighted by molar-refractivity contribution is 9.10. The van der Waals surface area contributed by atoms with Crippen LogP contribution in [0.3, 0.4) is 0 Å². The molecule has 0 spiro atoms. The summed E-state index contributed by atoms with van der Waals surface area (Å²) in [7, 11) is 0. The number of hydrogen-bond donors (Lipinski definition) is 1. The predicted molar refractivity (Wildman–Crippen MR) is 75.9 cm³/mol. The van der Waals surface area contributed by atoms with E-state index in [0.717, 1.165) is 22.9 Å². The summed E-state index contributed by atoms with van der Waals surface area (Å²) in [6.07, 6.45) is 5.75. The Hall–Kier alpha value is -0.390. The quantitative estimate of drug-likeness (QED) is 0.861. The van der Waals surface area contributed by atoms with Crippen LogP contribution in [0.2, 0.25) is 5.28 Å². The van der Waals surface area contributed by atoms with E-state index in [1.165, 1.54) is 32.4 Å². The fourth-order valence-electron chi connectivity index (χ4n) is 2.51. The highest BCUT2D eigenvalue weighted by Crippen LogP contribution is 2.32. The van der Waals surface area contributed by atoms with Crippen LogP contribution in [0.15, 0.2) is 10.7 Å². The van der Waals surface area contributed by atoms with Crippen molar-refractivity contribution in [3.8, 4) is 0 Å². The molecule has 1 aromatic heterocycles. The van der Waals surface area contributed by atoms with E-state index < -0.39 is 0 Å². The van der Waals surface area contributed by atoms with Crippen molar-refractivity contribution in [1.29, 1.82) is 0 Å². The van der Waals surface area contributed by atoms with Crippen LogP contribution in [-0.2, 0) is 0 Å². The van der Waals surface area contributed by atoms with Gasteiger partial charge in [0.1, 0.15) is 5.82 Å². The van der Waals surface area contributed by atoms with Crippen molar-refractivity contribution in [3.63, 3.8) is 0 Å². The van der Waals surface area contributed by atoms with E-state index in [0.29, 0.717) is 5.92 Å². The lowest BCUT2D eigenvalue weighted by Crippen LogP contribution is -2.25. The number of rotatable bonds is 4. The highest BCUT2D eigenvalue weighted by atomic mass is 79.9. The van der Waals surface area contributed by atoms with E-state index in [1.54, 1.807) is 6.20 Å². The molecule has 2 fully saturated rings. The van der Waals surface area contributed by atoms with E-state index in [4.69, 9.17) is 11.6 Å². The number of aromatic nitrogens is 2. The summed E-state index contributed by atoms with van der Waals surface area (Å²) in [5.74, 6) is 1.51. The normalized spacial score (nSPS) is 24.4. The molecule has 0 radical (unpaired) electrons. The monoisotopic (exact) mass is 330 g/mol. The van der Waals surface area contributed by atoms with Gasteiger partial charge in [-0.05, 0) is 59.3 Å². The third kappa shape index (κ3) is 2.95. The lowest BCUT2D eigenvalue weighted by atomic mass is 10.1. The van der Waals surface area contributed by atoms with Gasteiger partial charge in [0.05, 0.1) is 4.47 Å². The summed E-state index contributed by atoms with van der Waals surface area (Å²) in [6.45, 7) is 3.42. The van der Waals surface area contributed by atoms with Crippen LogP contribution < -0.4 is 5.32 Å². The van der Waals surface area contributed by atoms with Gasteiger partial charge in [0.2, 0.25) is 5.28 Å². The maximum Gasteiger partial charge on any atom is 0.224 e. The minimum Gasteiger partial charge on any atom is -0.369 e. The molecule has 1 aliphatic carbocycles. The Bertz CT molecular complexity index is 438. The van der Waals surface area contributed by atoms with Crippen molar-refractivity contribution in [3.05, 3.63) is 16.0 Å². The average molecular weight is 332 g/mol. The zero-order valence-electron chi connectivity index (χ0n) is 10.1. The van der Waals surface area contributed by atoms with Gasteiger partial charge in [-0.25, -0.2) is 4.98 Å². The Balaban J connectivity index is 1.53. The fraction of sp³-hybridized carbons (Fsp3) is 0.667. The lowest BCUT2D eigenvalue weighted by molar-refractivity contribution is 0.316. The first-order valence-electron chi connectivity index (χ1n) is 6.38. The summed E-state index contributed by atoms with van der Waals surface area (Å²) >= 11 is 9.22. The predicted octanol–water partition coefficient (Wildman–Crippen LogP) is 2.79. The summed E-state index contributed by atoms with van der Waals surface area (Å²) in [4.78, 5) is 10.7. The van der Waals surface area contributed by atoms with Crippen molar-refractivity contribution in [2.45, 2.75) is 25.3 Å². The second kappa shape index (κ2) is 5.31. The molecule has 1 N–H and O–H groups in total. The molecule has 1 unspecified atom stereocenters. The molecule has 1 aliphatic heterocycles. The molecule has 18 heavy (non-hydrogen) atoms. The highest BCUT2D eigenvalue weighted by Gasteiger charge is 2.34. The molecule has 0 amide bonds.